The lowest BCUT2D eigenvalue weighted by atomic mass is 10.0. The van der Waals surface area contributed by atoms with Crippen molar-refractivity contribution in [3.8, 4) is 11.3 Å². The lowest BCUT2D eigenvalue weighted by Crippen LogP contribution is -2.13. The van der Waals surface area contributed by atoms with Gasteiger partial charge in [0.15, 0.2) is 0 Å². The van der Waals surface area contributed by atoms with Crippen molar-refractivity contribution in [1.29, 1.82) is 0 Å². The molecular weight excluding hydrogens is 380 g/mol. The zero-order chi connectivity index (χ0) is 20.4. The third-order valence-electron chi connectivity index (χ3n) is 4.86. The molecular formula is C24H24N2O2S. The molecule has 0 atom stereocenters. The molecule has 4 nitrogen and oxygen atoms in total. The molecule has 0 aliphatic rings. The van der Waals surface area contributed by atoms with Gasteiger partial charge in [-0.25, -0.2) is 8.42 Å². The van der Waals surface area contributed by atoms with Gasteiger partial charge in [-0.05, 0) is 59.9 Å². The van der Waals surface area contributed by atoms with Gasteiger partial charge in [-0.1, -0.05) is 56.3 Å². The fraction of sp³-hybridized carbons (Fsp3) is 0.167. The molecule has 3 aromatic carbocycles. The Hall–Kier alpha value is -3.05. The summed E-state index contributed by atoms with van der Waals surface area (Å²) < 4.78 is 28.0. The molecule has 0 radical (unpaired) electrons. The van der Waals surface area contributed by atoms with Crippen molar-refractivity contribution in [3.05, 3.63) is 84.4 Å². The number of aromatic amines is 1. The molecule has 2 N–H and O–H groups in total. The second kappa shape index (κ2) is 7.76. The first kappa shape index (κ1) is 19.3. The van der Waals surface area contributed by atoms with Crippen LogP contribution >= 0.6 is 0 Å². The van der Waals surface area contributed by atoms with Crippen LogP contribution in [0.5, 0.6) is 0 Å². The summed E-state index contributed by atoms with van der Waals surface area (Å²) in [5.74, 6) is 0.534. The molecule has 0 amide bonds. The van der Waals surface area contributed by atoms with E-state index in [1.54, 1.807) is 24.3 Å². The molecule has 148 valence electrons. The molecule has 0 spiro atoms. The summed E-state index contributed by atoms with van der Waals surface area (Å²) in [6.07, 6.45) is 0.934. The Kier molecular flexibility index (Phi) is 5.16. The van der Waals surface area contributed by atoms with Gasteiger partial charge in [0.2, 0.25) is 0 Å². The van der Waals surface area contributed by atoms with Gasteiger partial charge in [0.25, 0.3) is 10.0 Å². The summed E-state index contributed by atoms with van der Waals surface area (Å²) >= 11 is 0. The highest BCUT2D eigenvalue weighted by Gasteiger charge is 2.14. The lowest BCUT2D eigenvalue weighted by molar-refractivity contribution is 0.601. The van der Waals surface area contributed by atoms with Crippen molar-refractivity contribution in [2.75, 3.05) is 4.72 Å². The summed E-state index contributed by atoms with van der Waals surface area (Å²) in [7, 11) is -3.61. The molecule has 0 aliphatic carbocycles. The maximum absolute atomic E-state index is 12.7. The van der Waals surface area contributed by atoms with Crippen LogP contribution < -0.4 is 4.72 Å². The number of benzene rings is 3. The molecule has 0 unspecified atom stereocenters. The van der Waals surface area contributed by atoms with Gasteiger partial charge < -0.3 is 4.98 Å². The van der Waals surface area contributed by atoms with Crippen LogP contribution in [0.15, 0.2) is 83.8 Å². The number of hydrogen-bond acceptors (Lipinski definition) is 2. The standard InChI is InChI=1S/C24H24N2O2S/c1-17(2)15-18-7-13-22(14-8-18)29(27,28)26-21-11-9-19(10-12-21)24-16-20-5-3-4-6-23(20)25-24/h3-14,16-17,25-26H,15H2,1-2H3. The molecule has 1 heterocycles. The van der Waals surface area contributed by atoms with Gasteiger partial charge in [-0.3, -0.25) is 4.72 Å². The second-order valence-corrected chi connectivity index (χ2v) is 9.38. The Bertz CT molecular complexity index is 1190. The number of fused-ring (bicyclic) bond motifs is 1. The predicted octanol–water partition coefficient (Wildman–Crippen LogP) is 5.83. The van der Waals surface area contributed by atoms with Crippen LogP contribution in [0.2, 0.25) is 0 Å². The first-order chi connectivity index (χ1) is 13.9. The smallest absolute Gasteiger partial charge is 0.261 e. The Balaban J connectivity index is 1.51. The fourth-order valence-corrected chi connectivity index (χ4v) is 4.50. The molecule has 4 aromatic rings. The molecule has 4 rings (SSSR count). The SMILES string of the molecule is CC(C)Cc1ccc(S(=O)(=O)Nc2ccc(-c3cc4ccccc4[nH]3)cc2)cc1. The van der Waals surface area contributed by atoms with Gasteiger partial charge in [0.1, 0.15) is 0 Å². The lowest BCUT2D eigenvalue weighted by Gasteiger charge is -2.10. The minimum atomic E-state index is -3.61. The average molecular weight is 405 g/mol. The minimum Gasteiger partial charge on any atom is -0.355 e. The summed E-state index contributed by atoms with van der Waals surface area (Å²) in [5, 5.41) is 1.15. The molecule has 0 bridgehead atoms. The number of anilines is 1. The Labute approximate surface area is 171 Å². The van der Waals surface area contributed by atoms with Gasteiger partial charge in [0.05, 0.1) is 4.90 Å². The van der Waals surface area contributed by atoms with Gasteiger partial charge in [-0.15, -0.1) is 0 Å². The van der Waals surface area contributed by atoms with Gasteiger partial charge in [0, 0.05) is 22.3 Å². The highest BCUT2D eigenvalue weighted by atomic mass is 32.2. The molecule has 5 heteroatoms. The van der Waals surface area contributed by atoms with Crippen molar-refractivity contribution in [1.82, 2.24) is 4.98 Å². The van der Waals surface area contributed by atoms with Crippen molar-refractivity contribution < 1.29 is 8.42 Å². The highest BCUT2D eigenvalue weighted by Crippen LogP contribution is 2.26. The van der Waals surface area contributed by atoms with Crippen molar-refractivity contribution in [3.63, 3.8) is 0 Å². The quantitative estimate of drug-likeness (QED) is 0.424. The number of aromatic nitrogens is 1. The molecule has 0 fully saturated rings. The van der Waals surface area contributed by atoms with Crippen LogP contribution in [-0.4, -0.2) is 13.4 Å². The second-order valence-electron chi connectivity index (χ2n) is 7.70. The number of para-hydroxylation sites is 1. The number of rotatable bonds is 6. The largest absolute Gasteiger partial charge is 0.355 e. The minimum absolute atomic E-state index is 0.268. The molecule has 1 aromatic heterocycles. The van der Waals surface area contributed by atoms with Gasteiger partial charge in [-0.2, -0.15) is 0 Å². The number of nitrogens with one attached hydrogen (secondary N) is 2. The average Bonchev–Trinajstić information content (AvgIpc) is 3.12. The number of H-pyrrole nitrogens is 1. The Morgan fingerprint density at radius 1 is 0.897 bits per heavy atom. The van der Waals surface area contributed by atoms with Gasteiger partial charge >= 0.3 is 0 Å². The summed E-state index contributed by atoms with van der Waals surface area (Å²) in [6.45, 7) is 4.29. The van der Waals surface area contributed by atoms with Crippen LogP contribution in [0.1, 0.15) is 19.4 Å². The van der Waals surface area contributed by atoms with E-state index in [9.17, 15) is 8.42 Å². The van der Waals surface area contributed by atoms with E-state index in [1.165, 1.54) is 0 Å². The normalized spacial score (nSPS) is 11.8. The van der Waals surface area contributed by atoms with Crippen LogP contribution in [0, 0.1) is 5.92 Å². The van der Waals surface area contributed by atoms with E-state index in [4.69, 9.17) is 0 Å². The third kappa shape index (κ3) is 4.35. The highest BCUT2D eigenvalue weighted by molar-refractivity contribution is 7.92. The van der Waals surface area contributed by atoms with Crippen LogP contribution in [0.4, 0.5) is 5.69 Å². The molecule has 0 saturated heterocycles. The van der Waals surface area contributed by atoms with Crippen LogP contribution in [0.25, 0.3) is 22.2 Å². The molecule has 29 heavy (non-hydrogen) atoms. The zero-order valence-electron chi connectivity index (χ0n) is 16.5. The van der Waals surface area contributed by atoms with Crippen LogP contribution in [0.3, 0.4) is 0 Å². The topological polar surface area (TPSA) is 62.0 Å². The van der Waals surface area contributed by atoms with E-state index in [0.717, 1.165) is 34.1 Å². The van der Waals surface area contributed by atoms with Crippen molar-refractivity contribution >= 4 is 26.6 Å². The first-order valence-corrected chi connectivity index (χ1v) is 11.2. The Morgan fingerprint density at radius 2 is 1.59 bits per heavy atom. The number of sulfonamides is 1. The van der Waals surface area contributed by atoms with Crippen molar-refractivity contribution in [2.45, 2.75) is 25.2 Å². The summed E-state index contributed by atoms with van der Waals surface area (Å²) in [6, 6.07) is 24.7. The summed E-state index contributed by atoms with van der Waals surface area (Å²) in [5.41, 5.74) is 4.76. The number of hydrogen-bond donors (Lipinski definition) is 2. The monoisotopic (exact) mass is 404 g/mol. The van der Waals surface area contributed by atoms with Crippen molar-refractivity contribution in [2.24, 2.45) is 5.92 Å². The molecule has 0 saturated carbocycles. The predicted molar refractivity (Wildman–Crippen MR) is 120 cm³/mol. The van der Waals surface area contributed by atoms with E-state index in [-0.39, 0.29) is 4.90 Å². The first-order valence-electron chi connectivity index (χ1n) is 9.71. The van der Waals surface area contributed by atoms with E-state index < -0.39 is 10.0 Å². The fourth-order valence-electron chi connectivity index (χ4n) is 3.44. The molecule has 0 aliphatic heterocycles. The Morgan fingerprint density at radius 3 is 2.24 bits per heavy atom. The maximum Gasteiger partial charge on any atom is 0.261 e. The summed E-state index contributed by atoms with van der Waals surface area (Å²) in [4.78, 5) is 3.65. The zero-order valence-corrected chi connectivity index (χ0v) is 17.3. The third-order valence-corrected chi connectivity index (χ3v) is 6.25. The van der Waals surface area contributed by atoms with E-state index >= 15 is 0 Å². The van der Waals surface area contributed by atoms with E-state index in [1.807, 2.05) is 42.5 Å². The maximum atomic E-state index is 12.7. The van der Waals surface area contributed by atoms with Crippen LogP contribution in [-0.2, 0) is 16.4 Å². The van der Waals surface area contributed by atoms with E-state index in [2.05, 4.69) is 35.7 Å². The van der Waals surface area contributed by atoms with E-state index in [0.29, 0.717) is 11.6 Å².